The van der Waals surface area contributed by atoms with Crippen LogP contribution in [0.1, 0.15) is 19.9 Å². The average molecular weight is 211 g/mol. The van der Waals surface area contributed by atoms with E-state index in [0.29, 0.717) is 10.4 Å². The number of fused-ring (bicyclic) bond motifs is 1. The molecule has 0 fully saturated rings. The lowest BCUT2D eigenvalue weighted by Crippen LogP contribution is -2.04. The zero-order valence-electron chi connectivity index (χ0n) is 7.91. The summed E-state index contributed by atoms with van der Waals surface area (Å²) >= 11 is 5.07. The summed E-state index contributed by atoms with van der Waals surface area (Å²) in [4.78, 5) is 6.61. The minimum absolute atomic E-state index is 0.234. The molecule has 2 aromatic rings. The molecule has 0 saturated carbocycles. The molecule has 5 heteroatoms. The smallest absolute Gasteiger partial charge is 0.201 e. The molecule has 0 saturated heterocycles. The molecule has 0 radical (unpaired) electrons. The van der Waals surface area contributed by atoms with Crippen molar-refractivity contribution in [1.29, 1.82) is 0 Å². The number of nitrogens with one attached hydrogen (secondary N) is 1. The third-order valence-corrected chi connectivity index (χ3v) is 2.36. The van der Waals surface area contributed by atoms with Crippen LogP contribution in [0.4, 0.5) is 4.39 Å². The van der Waals surface area contributed by atoms with Crippen LogP contribution in [-0.4, -0.2) is 14.5 Å². The van der Waals surface area contributed by atoms with Gasteiger partial charge in [-0.25, -0.2) is 4.98 Å². The van der Waals surface area contributed by atoms with Gasteiger partial charge in [-0.3, -0.25) is 0 Å². The molecule has 0 aromatic carbocycles. The highest BCUT2D eigenvalue weighted by atomic mass is 32.1. The Labute approximate surface area is 85.6 Å². The molecular formula is C9H10FN3S. The van der Waals surface area contributed by atoms with Crippen LogP contribution in [0.2, 0.25) is 0 Å². The maximum absolute atomic E-state index is 12.8. The maximum atomic E-state index is 12.8. The Morgan fingerprint density at radius 2 is 2.29 bits per heavy atom. The predicted octanol–water partition coefficient (Wildman–Crippen LogP) is 2.81. The maximum Gasteiger partial charge on any atom is 0.201 e. The van der Waals surface area contributed by atoms with Crippen LogP contribution in [0, 0.1) is 10.7 Å². The van der Waals surface area contributed by atoms with E-state index < -0.39 is 0 Å². The molecule has 74 valence electrons. The van der Waals surface area contributed by atoms with Gasteiger partial charge < -0.3 is 9.55 Å². The van der Waals surface area contributed by atoms with Crippen molar-refractivity contribution in [3.8, 4) is 0 Å². The molecule has 1 N–H and O–H groups in total. The summed E-state index contributed by atoms with van der Waals surface area (Å²) in [6, 6.07) is 1.65. The van der Waals surface area contributed by atoms with Crippen LogP contribution >= 0.6 is 12.2 Å². The lowest BCUT2D eigenvalue weighted by molar-refractivity contribution is 0.581. The largest absolute Gasteiger partial charge is 0.321 e. The monoisotopic (exact) mass is 211 g/mol. The molecule has 0 atom stereocenters. The SMILES string of the molecule is CC(C)n1cc2cc(F)[nH]c2nc1=S. The van der Waals surface area contributed by atoms with E-state index >= 15 is 0 Å². The average Bonchev–Trinajstić information content (AvgIpc) is 2.42. The highest BCUT2D eigenvalue weighted by Gasteiger charge is 2.05. The zero-order valence-corrected chi connectivity index (χ0v) is 8.73. The first kappa shape index (κ1) is 9.33. The van der Waals surface area contributed by atoms with E-state index in [0.717, 1.165) is 5.39 Å². The minimum atomic E-state index is -0.386. The second kappa shape index (κ2) is 3.16. The van der Waals surface area contributed by atoms with Crippen LogP contribution in [0.15, 0.2) is 12.3 Å². The van der Waals surface area contributed by atoms with Crippen molar-refractivity contribution in [2.75, 3.05) is 0 Å². The van der Waals surface area contributed by atoms with Crippen molar-refractivity contribution in [2.45, 2.75) is 19.9 Å². The minimum Gasteiger partial charge on any atom is -0.321 e. The summed E-state index contributed by atoms with van der Waals surface area (Å²) in [6.07, 6.45) is 1.81. The van der Waals surface area contributed by atoms with Crippen molar-refractivity contribution in [3.05, 3.63) is 23.0 Å². The summed E-state index contributed by atoms with van der Waals surface area (Å²) in [5, 5.41) is 0.741. The predicted molar refractivity (Wildman–Crippen MR) is 55.3 cm³/mol. The van der Waals surface area contributed by atoms with Crippen LogP contribution in [-0.2, 0) is 0 Å². The fourth-order valence-corrected chi connectivity index (χ4v) is 1.70. The van der Waals surface area contributed by atoms with Crippen molar-refractivity contribution in [2.24, 2.45) is 0 Å². The van der Waals surface area contributed by atoms with Crippen molar-refractivity contribution in [3.63, 3.8) is 0 Å². The Bertz CT molecular complexity index is 526. The standard InChI is InChI=1S/C9H10FN3S/c1-5(2)13-4-6-3-7(10)11-8(6)12-9(13)14/h3-5H,1-2H3,(H,11,12,14). The van der Waals surface area contributed by atoms with Gasteiger partial charge in [0.25, 0.3) is 0 Å². The third kappa shape index (κ3) is 1.43. The van der Waals surface area contributed by atoms with Gasteiger partial charge in [-0.2, -0.15) is 4.39 Å². The van der Waals surface area contributed by atoms with Gasteiger partial charge in [0.1, 0.15) is 5.65 Å². The van der Waals surface area contributed by atoms with E-state index in [9.17, 15) is 4.39 Å². The second-order valence-electron chi connectivity index (χ2n) is 3.45. The first-order valence-electron chi connectivity index (χ1n) is 4.35. The first-order chi connectivity index (χ1) is 6.58. The Morgan fingerprint density at radius 1 is 1.57 bits per heavy atom. The highest BCUT2D eigenvalue weighted by molar-refractivity contribution is 7.71. The van der Waals surface area contributed by atoms with Crippen molar-refractivity contribution >= 4 is 23.3 Å². The molecule has 2 heterocycles. The lowest BCUT2D eigenvalue weighted by Gasteiger charge is -2.09. The zero-order chi connectivity index (χ0) is 10.3. The van der Waals surface area contributed by atoms with Gasteiger partial charge in [-0.15, -0.1) is 0 Å². The van der Waals surface area contributed by atoms with Gasteiger partial charge in [0, 0.05) is 23.7 Å². The van der Waals surface area contributed by atoms with E-state index in [1.54, 1.807) is 0 Å². The summed E-state index contributed by atoms with van der Waals surface area (Å²) in [6.45, 7) is 4.01. The van der Waals surface area contributed by atoms with Crippen LogP contribution in [0.3, 0.4) is 0 Å². The van der Waals surface area contributed by atoms with Crippen molar-refractivity contribution < 1.29 is 4.39 Å². The number of halogens is 1. The Balaban J connectivity index is 2.76. The molecular weight excluding hydrogens is 201 g/mol. The summed E-state index contributed by atoms with van der Waals surface area (Å²) in [5.74, 6) is -0.386. The first-order valence-corrected chi connectivity index (χ1v) is 4.76. The molecule has 0 spiro atoms. The summed E-state index contributed by atoms with van der Waals surface area (Å²) < 4.78 is 15.2. The van der Waals surface area contributed by atoms with Crippen LogP contribution in [0.25, 0.3) is 11.0 Å². The van der Waals surface area contributed by atoms with Crippen LogP contribution in [0.5, 0.6) is 0 Å². The fraction of sp³-hybridized carbons (Fsp3) is 0.333. The molecule has 0 amide bonds. The lowest BCUT2D eigenvalue weighted by atomic mass is 10.3. The molecule has 0 aliphatic rings. The second-order valence-corrected chi connectivity index (χ2v) is 3.81. The van der Waals surface area contributed by atoms with E-state index in [2.05, 4.69) is 9.97 Å². The van der Waals surface area contributed by atoms with E-state index in [4.69, 9.17) is 12.2 Å². The quantitative estimate of drug-likeness (QED) is 0.736. The van der Waals surface area contributed by atoms with Crippen LogP contribution < -0.4 is 0 Å². The fourth-order valence-electron chi connectivity index (χ4n) is 1.35. The Hall–Kier alpha value is -1.23. The van der Waals surface area contributed by atoms with Gasteiger partial charge in [-0.1, -0.05) is 0 Å². The number of aromatic nitrogens is 3. The van der Waals surface area contributed by atoms with Gasteiger partial charge in [0.05, 0.1) is 0 Å². The number of hydrogen-bond donors (Lipinski definition) is 1. The number of H-pyrrole nitrogens is 1. The van der Waals surface area contributed by atoms with E-state index in [1.165, 1.54) is 6.07 Å². The third-order valence-electron chi connectivity index (χ3n) is 2.06. The molecule has 2 aromatic heterocycles. The number of rotatable bonds is 1. The summed E-state index contributed by atoms with van der Waals surface area (Å²) in [7, 11) is 0. The number of aromatic amines is 1. The number of hydrogen-bond acceptors (Lipinski definition) is 2. The molecule has 0 aliphatic carbocycles. The molecule has 2 rings (SSSR count). The normalized spacial score (nSPS) is 11.4. The van der Waals surface area contributed by atoms with Gasteiger partial charge in [-0.05, 0) is 26.1 Å². The Morgan fingerprint density at radius 3 is 2.93 bits per heavy atom. The Kier molecular flexibility index (Phi) is 2.11. The number of nitrogens with zero attached hydrogens (tertiary/aromatic N) is 2. The molecule has 0 unspecified atom stereocenters. The summed E-state index contributed by atoms with van der Waals surface area (Å²) in [5.41, 5.74) is 0.504. The highest BCUT2D eigenvalue weighted by Crippen LogP contribution is 2.14. The molecule has 0 bridgehead atoms. The van der Waals surface area contributed by atoms with Gasteiger partial charge in [0.2, 0.25) is 4.77 Å². The topological polar surface area (TPSA) is 33.6 Å². The van der Waals surface area contributed by atoms with E-state index in [1.807, 2.05) is 24.6 Å². The van der Waals surface area contributed by atoms with Gasteiger partial charge >= 0.3 is 0 Å². The van der Waals surface area contributed by atoms with Gasteiger partial charge in [0.15, 0.2) is 5.95 Å². The van der Waals surface area contributed by atoms with E-state index in [-0.39, 0.29) is 12.0 Å². The van der Waals surface area contributed by atoms with Crippen molar-refractivity contribution in [1.82, 2.24) is 14.5 Å². The molecule has 0 aliphatic heterocycles. The molecule has 14 heavy (non-hydrogen) atoms. The molecule has 3 nitrogen and oxygen atoms in total.